The van der Waals surface area contributed by atoms with Gasteiger partial charge in [-0.15, -0.1) is 0 Å². The summed E-state index contributed by atoms with van der Waals surface area (Å²) in [5.41, 5.74) is 4.51. The Hall–Kier alpha value is -2.69. The number of ether oxygens (including phenoxy) is 1. The largest absolute Gasteiger partial charge is 0.481 e. The van der Waals surface area contributed by atoms with E-state index in [-0.39, 0.29) is 30.4 Å². The van der Waals surface area contributed by atoms with Gasteiger partial charge in [0.1, 0.15) is 11.6 Å². The van der Waals surface area contributed by atoms with Crippen LogP contribution in [0.5, 0.6) is 5.75 Å². The van der Waals surface area contributed by atoms with Crippen molar-refractivity contribution < 1.29 is 31.9 Å². The van der Waals surface area contributed by atoms with E-state index in [2.05, 4.69) is 10.9 Å². The second kappa shape index (κ2) is 8.36. The van der Waals surface area contributed by atoms with Crippen LogP contribution >= 0.6 is 0 Å². The Balaban J connectivity index is 1.47. The molecule has 11 heteroatoms. The van der Waals surface area contributed by atoms with Gasteiger partial charge in [-0.3, -0.25) is 25.2 Å². The highest BCUT2D eigenvalue weighted by molar-refractivity contribution is 7.91. The Morgan fingerprint density at radius 2 is 1.93 bits per heavy atom. The van der Waals surface area contributed by atoms with E-state index in [0.29, 0.717) is 12.2 Å². The minimum atomic E-state index is -3.14. The number of hydrazine groups is 1. The van der Waals surface area contributed by atoms with Crippen LogP contribution in [-0.4, -0.2) is 61.2 Å². The first-order valence-corrected chi connectivity index (χ1v) is 11.0. The number of rotatable bonds is 5. The van der Waals surface area contributed by atoms with Gasteiger partial charge in [-0.2, -0.15) is 0 Å². The number of nitrogens with zero attached hydrogens (tertiary/aromatic N) is 1. The van der Waals surface area contributed by atoms with Crippen molar-refractivity contribution in [1.29, 1.82) is 0 Å². The van der Waals surface area contributed by atoms with Gasteiger partial charge >= 0.3 is 0 Å². The van der Waals surface area contributed by atoms with Crippen molar-refractivity contribution in [2.75, 3.05) is 18.1 Å². The number of sulfone groups is 1. The summed E-state index contributed by atoms with van der Waals surface area (Å²) < 4.78 is 41.5. The highest BCUT2D eigenvalue weighted by Gasteiger charge is 2.42. The van der Waals surface area contributed by atoms with Gasteiger partial charge < -0.3 is 9.64 Å². The maximum atomic E-state index is 12.9. The van der Waals surface area contributed by atoms with Gasteiger partial charge in [-0.1, -0.05) is 0 Å². The SMILES string of the molecule is CC(Oc1ccc(F)cc1)C(=O)NNC(=O)C1CC(=O)N(C2CCS(=O)(=O)C2)C1. The standard InChI is InChI=1S/C18H22FN3O6S/c1-11(28-15-4-2-13(19)3-5-15)17(24)20-21-18(25)12-8-16(23)22(9-12)14-6-7-29(26,27)10-14/h2-5,11-12,14H,6-10H2,1H3,(H,20,24)(H,21,25). The molecule has 2 aliphatic heterocycles. The third kappa shape index (κ3) is 5.22. The highest BCUT2D eigenvalue weighted by atomic mass is 32.2. The zero-order chi connectivity index (χ0) is 21.2. The summed E-state index contributed by atoms with van der Waals surface area (Å²) in [4.78, 5) is 38.0. The first kappa shape index (κ1) is 21.0. The van der Waals surface area contributed by atoms with Gasteiger partial charge in [0.25, 0.3) is 5.91 Å². The number of benzene rings is 1. The van der Waals surface area contributed by atoms with Crippen LogP contribution in [0.3, 0.4) is 0 Å². The van der Waals surface area contributed by atoms with Gasteiger partial charge in [0.2, 0.25) is 11.8 Å². The summed E-state index contributed by atoms with van der Waals surface area (Å²) in [6, 6.07) is 4.74. The molecular weight excluding hydrogens is 405 g/mol. The quantitative estimate of drug-likeness (QED) is 0.627. The third-order valence-electron chi connectivity index (χ3n) is 4.98. The third-order valence-corrected chi connectivity index (χ3v) is 6.73. The zero-order valence-corrected chi connectivity index (χ0v) is 16.6. The Labute approximate surface area is 167 Å². The van der Waals surface area contributed by atoms with Gasteiger partial charge in [-0.25, -0.2) is 12.8 Å². The van der Waals surface area contributed by atoms with E-state index < -0.39 is 45.5 Å². The van der Waals surface area contributed by atoms with Crippen molar-refractivity contribution in [2.24, 2.45) is 5.92 Å². The van der Waals surface area contributed by atoms with Crippen LogP contribution in [0.2, 0.25) is 0 Å². The fraction of sp³-hybridized carbons (Fsp3) is 0.500. The Kier molecular flexibility index (Phi) is 6.06. The topological polar surface area (TPSA) is 122 Å². The molecule has 2 saturated heterocycles. The molecule has 0 radical (unpaired) electrons. The number of hydrogen-bond acceptors (Lipinski definition) is 6. The van der Waals surface area contributed by atoms with Crippen LogP contribution in [0.4, 0.5) is 4.39 Å². The Bertz CT molecular complexity index is 905. The van der Waals surface area contributed by atoms with Crippen LogP contribution in [0.15, 0.2) is 24.3 Å². The van der Waals surface area contributed by atoms with Crippen LogP contribution in [0, 0.1) is 11.7 Å². The molecule has 3 amide bonds. The lowest BCUT2D eigenvalue weighted by molar-refractivity contribution is -0.134. The fourth-order valence-corrected chi connectivity index (χ4v) is 5.11. The van der Waals surface area contributed by atoms with Crippen molar-refractivity contribution in [3.05, 3.63) is 30.1 Å². The molecule has 9 nitrogen and oxygen atoms in total. The van der Waals surface area contributed by atoms with Gasteiger partial charge in [0, 0.05) is 19.0 Å². The zero-order valence-electron chi connectivity index (χ0n) is 15.8. The normalized spacial score (nSPS) is 24.2. The van der Waals surface area contributed by atoms with Crippen molar-refractivity contribution in [3.8, 4) is 5.75 Å². The van der Waals surface area contributed by atoms with Gasteiger partial charge in [-0.05, 0) is 37.6 Å². The minimum Gasteiger partial charge on any atom is -0.481 e. The van der Waals surface area contributed by atoms with Crippen LogP contribution in [0.1, 0.15) is 19.8 Å². The lowest BCUT2D eigenvalue weighted by atomic mass is 10.1. The second-order valence-electron chi connectivity index (χ2n) is 7.20. The number of carbonyl (C=O) groups is 3. The number of halogens is 1. The Morgan fingerprint density at radius 3 is 2.55 bits per heavy atom. The molecule has 3 rings (SSSR count). The van der Waals surface area contributed by atoms with Crippen LogP contribution in [0.25, 0.3) is 0 Å². The van der Waals surface area contributed by atoms with Crippen molar-refractivity contribution in [3.63, 3.8) is 0 Å². The van der Waals surface area contributed by atoms with E-state index in [1.165, 1.54) is 36.1 Å². The Morgan fingerprint density at radius 1 is 1.24 bits per heavy atom. The summed E-state index contributed by atoms with van der Waals surface area (Å²) in [5.74, 6) is -2.29. The molecule has 3 unspecified atom stereocenters. The number of hydrogen-bond donors (Lipinski definition) is 2. The predicted molar refractivity (Wildman–Crippen MR) is 99.7 cm³/mol. The summed E-state index contributed by atoms with van der Waals surface area (Å²) in [6.07, 6.45) is -0.622. The van der Waals surface area contributed by atoms with E-state index >= 15 is 0 Å². The summed E-state index contributed by atoms with van der Waals surface area (Å²) in [5, 5.41) is 0. The van der Waals surface area contributed by atoms with Crippen molar-refractivity contribution >= 4 is 27.6 Å². The number of likely N-dealkylation sites (tertiary alicyclic amines) is 1. The highest BCUT2D eigenvalue weighted by Crippen LogP contribution is 2.26. The average molecular weight is 427 g/mol. The molecule has 2 aliphatic rings. The molecule has 0 bridgehead atoms. The first-order chi connectivity index (χ1) is 13.6. The van der Waals surface area contributed by atoms with E-state index in [9.17, 15) is 27.2 Å². The van der Waals surface area contributed by atoms with Crippen LogP contribution < -0.4 is 15.6 Å². The maximum Gasteiger partial charge on any atom is 0.279 e. The molecule has 1 aromatic rings. The molecule has 29 heavy (non-hydrogen) atoms. The van der Waals surface area contributed by atoms with Gasteiger partial charge in [0.15, 0.2) is 15.9 Å². The number of nitrogens with one attached hydrogen (secondary N) is 2. The maximum absolute atomic E-state index is 12.9. The predicted octanol–water partition coefficient (Wildman–Crippen LogP) is -0.224. The lowest BCUT2D eigenvalue weighted by Gasteiger charge is -2.23. The monoisotopic (exact) mass is 427 g/mol. The van der Waals surface area contributed by atoms with E-state index in [4.69, 9.17) is 4.74 Å². The van der Waals surface area contributed by atoms with E-state index in [0.717, 1.165) is 0 Å². The first-order valence-electron chi connectivity index (χ1n) is 9.16. The van der Waals surface area contributed by atoms with Crippen LogP contribution in [-0.2, 0) is 24.2 Å². The number of amides is 3. The summed E-state index contributed by atoms with van der Waals surface area (Å²) >= 11 is 0. The molecule has 158 valence electrons. The molecule has 0 spiro atoms. The second-order valence-corrected chi connectivity index (χ2v) is 9.43. The van der Waals surface area contributed by atoms with Crippen molar-refractivity contribution in [2.45, 2.75) is 31.9 Å². The number of carbonyl (C=O) groups excluding carboxylic acids is 3. The molecular formula is C18H22FN3O6S. The molecule has 0 saturated carbocycles. The molecule has 0 aliphatic carbocycles. The molecule has 2 heterocycles. The molecule has 3 atom stereocenters. The molecule has 0 aromatic heterocycles. The summed E-state index contributed by atoms with van der Waals surface area (Å²) in [6.45, 7) is 1.58. The van der Waals surface area contributed by atoms with E-state index in [1.54, 1.807) is 0 Å². The molecule has 1 aromatic carbocycles. The molecule has 2 fully saturated rings. The molecule has 2 N–H and O–H groups in total. The fourth-order valence-electron chi connectivity index (χ4n) is 3.38. The minimum absolute atomic E-state index is 0.0418. The average Bonchev–Trinajstić information content (AvgIpc) is 3.23. The van der Waals surface area contributed by atoms with Gasteiger partial charge in [0.05, 0.1) is 17.4 Å². The van der Waals surface area contributed by atoms with E-state index in [1.807, 2.05) is 0 Å². The summed E-state index contributed by atoms with van der Waals surface area (Å²) in [7, 11) is -3.14. The van der Waals surface area contributed by atoms with Crippen molar-refractivity contribution in [1.82, 2.24) is 15.8 Å². The smallest absolute Gasteiger partial charge is 0.279 e. The lowest BCUT2D eigenvalue weighted by Crippen LogP contribution is -2.49.